The zero-order valence-electron chi connectivity index (χ0n) is 21.3. The molecule has 0 nitrogen and oxygen atoms in total. The molecule has 3 heteroatoms. The topological polar surface area (TPSA) is 0 Å². The normalized spacial score (nSPS) is 18.3. The van der Waals surface area contributed by atoms with Crippen LogP contribution in [0.25, 0.3) is 21.5 Å². The van der Waals surface area contributed by atoms with Crippen LogP contribution in [-0.2, 0) is 18.9 Å². The van der Waals surface area contributed by atoms with E-state index in [0.29, 0.717) is 0 Å². The first kappa shape index (κ1) is 26.6. The van der Waals surface area contributed by atoms with Gasteiger partial charge in [-0.05, 0) is 0 Å². The maximum atomic E-state index is 5.81. The fraction of sp³-hybridized carbons (Fsp3) is 0.424. The van der Waals surface area contributed by atoms with Crippen LogP contribution in [0.1, 0.15) is 100 Å². The van der Waals surface area contributed by atoms with Crippen LogP contribution in [0, 0.1) is 0 Å². The minimum Gasteiger partial charge on any atom is -0.150 e. The van der Waals surface area contributed by atoms with Crippen molar-refractivity contribution in [1.82, 2.24) is 0 Å². The molecule has 0 aliphatic heterocycles. The largest absolute Gasteiger partial charge is 0.150 e. The van der Waals surface area contributed by atoms with Crippen molar-refractivity contribution in [2.24, 2.45) is 0 Å². The Morgan fingerprint density at radius 3 is 1.39 bits per heavy atom. The smallest absolute Gasteiger partial charge is 0.0535 e. The van der Waals surface area contributed by atoms with Crippen molar-refractivity contribution in [3.63, 3.8) is 0 Å². The average Bonchev–Trinajstić information content (AvgIpc) is 3.75. The molecule has 3 aliphatic carbocycles. The zero-order chi connectivity index (χ0) is 24.7. The minimum atomic E-state index is -1.85. The molecule has 0 heterocycles. The summed E-state index contributed by atoms with van der Waals surface area (Å²) in [6.07, 6.45) is 16.4. The minimum absolute atomic E-state index is 0.842. The third kappa shape index (κ3) is 6.52. The molecule has 4 aromatic carbocycles. The summed E-state index contributed by atoms with van der Waals surface area (Å²) in [5.74, 6) is 1.68. The Balaban J connectivity index is 0.000000116. The van der Waals surface area contributed by atoms with E-state index in [2.05, 4.69) is 72.8 Å². The van der Waals surface area contributed by atoms with E-state index < -0.39 is 18.9 Å². The summed E-state index contributed by atoms with van der Waals surface area (Å²) in [5.41, 5.74) is 3.19. The third-order valence-electron chi connectivity index (χ3n) is 8.49. The second-order valence-electron chi connectivity index (χ2n) is 10.8. The predicted octanol–water partition coefficient (Wildman–Crippen LogP) is 11.1. The van der Waals surface area contributed by atoms with Gasteiger partial charge in [0.1, 0.15) is 0 Å². The van der Waals surface area contributed by atoms with Crippen molar-refractivity contribution in [2.75, 3.05) is 0 Å². The molecule has 0 amide bonds. The Morgan fingerprint density at radius 1 is 0.583 bits per heavy atom. The van der Waals surface area contributed by atoms with Gasteiger partial charge in [-0.1, -0.05) is 75.3 Å². The van der Waals surface area contributed by atoms with Gasteiger partial charge in [0.25, 0.3) is 0 Å². The molecule has 0 radical (unpaired) electrons. The maximum Gasteiger partial charge on any atom is -0.0535 e. The molecule has 0 atom stereocenters. The van der Waals surface area contributed by atoms with Crippen LogP contribution in [0.3, 0.4) is 0 Å². The van der Waals surface area contributed by atoms with Crippen LogP contribution in [0.15, 0.2) is 72.8 Å². The standard InChI is InChI=1S/2C14H15.C5H8.2ClH.Zr/c2*1-2-6-11(5-1)14-10-9-12-7-3-4-8-13(12)14;1-2-4-5-3-1;;;/h2*3-4,7-11H,1-2,5-6H2;1-4H2;2*1H;/q2*-1;;;;+2/p-2. The van der Waals surface area contributed by atoms with Crippen LogP contribution in [0.4, 0.5) is 0 Å². The monoisotopic (exact) mass is 594 g/mol. The molecule has 0 bridgehead atoms. The molecule has 0 unspecified atom stereocenters. The molecular weight excluding hydrogens is 558 g/mol. The number of halogens is 2. The van der Waals surface area contributed by atoms with Gasteiger partial charge in [0.15, 0.2) is 0 Å². The summed E-state index contributed by atoms with van der Waals surface area (Å²) in [4.78, 5) is 0. The molecule has 0 saturated heterocycles. The van der Waals surface area contributed by atoms with Crippen molar-refractivity contribution >= 4 is 41.8 Å². The first-order valence-electron chi connectivity index (χ1n) is 14.0. The summed E-state index contributed by atoms with van der Waals surface area (Å²) < 4.78 is 1.52. The van der Waals surface area contributed by atoms with Crippen LogP contribution < -0.4 is 0 Å². The Hall–Kier alpha value is -1.01. The van der Waals surface area contributed by atoms with Crippen LogP contribution in [-0.4, -0.2) is 3.21 Å². The van der Waals surface area contributed by atoms with E-state index in [1.807, 2.05) is 0 Å². The van der Waals surface area contributed by atoms with Gasteiger partial charge in [0, 0.05) is 0 Å². The van der Waals surface area contributed by atoms with Gasteiger partial charge in [-0.2, -0.15) is 11.1 Å². The predicted molar refractivity (Wildman–Crippen MR) is 157 cm³/mol. The Bertz CT molecular complexity index is 1180. The van der Waals surface area contributed by atoms with Crippen LogP contribution in [0.5, 0.6) is 0 Å². The maximum absolute atomic E-state index is 5.81. The van der Waals surface area contributed by atoms with Gasteiger partial charge in [0.05, 0.1) is 0 Å². The number of hydrogen-bond acceptors (Lipinski definition) is 0. The second kappa shape index (κ2) is 13.2. The second-order valence-corrected chi connectivity index (χ2v) is 19.4. The Labute approximate surface area is 232 Å². The van der Waals surface area contributed by atoms with Crippen molar-refractivity contribution < 1.29 is 18.9 Å². The summed E-state index contributed by atoms with van der Waals surface area (Å²) in [7, 11) is 11.6. The molecule has 190 valence electrons. The van der Waals surface area contributed by atoms with Gasteiger partial charge >= 0.3 is 64.8 Å². The quantitative estimate of drug-likeness (QED) is 0.202. The molecule has 4 aromatic rings. The molecule has 3 aliphatic rings. The van der Waals surface area contributed by atoms with Crippen molar-refractivity contribution in [2.45, 2.75) is 88.9 Å². The summed E-state index contributed by atoms with van der Waals surface area (Å²) in [6.45, 7) is 0. The van der Waals surface area contributed by atoms with Crippen molar-refractivity contribution in [3.8, 4) is 0 Å². The zero-order valence-corrected chi connectivity index (χ0v) is 25.3. The summed E-state index contributed by atoms with van der Waals surface area (Å²) >= 11 is -1.85. The number of benzene rings is 2. The van der Waals surface area contributed by atoms with Crippen LogP contribution in [0.2, 0.25) is 0 Å². The van der Waals surface area contributed by atoms with Gasteiger partial charge in [-0.3, -0.25) is 0 Å². The first-order valence-corrected chi connectivity index (χ1v) is 21.6. The summed E-state index contributed by atoms with van der Waals surface area (Å²) in [5, 5.41) is 5.79. The first-order chi connectivity index (χ1) is 17.7. The molecule has 7 rings (SSSR count). The van der Waals surface area contributed by atoms with Crippen molar-refractivity contribution in [1.29, 1.82) is 0 Å². The molecule has 0 spiro atoms. The number of rotatable bonds is 2. The molecule has 36 heavy (non-hydrogen) atoms. The van der Waals surface area contributed by atoms with E-state index in [-0.39, 0.29) is 0 Å². The molecule has 0 aromatic heterocycles. The van der Waals surface area contributed by atoms with E-state index >= 15 is 0 Å². The molecule has 3 saturated carbocycles. The number of hydrogen-bond donors (Lipinski definition) is 0. The van der Waals surface area contributed by atoms with E-state index in [1.54, 1.807) is 11.1 Å². The van der Waals surface area contributed by atoms with Gasteiger partial charge in [0.2, 0.25) is 0 Å². The molecular formula is C33H38Cl2Zr-2. The van der Waals surface area contributed by atoms with Gasteiger partial charge < -0.3 is 0 Å². The summed E-state index contributed by atoms with van der Waals surface area (Å²) in [6, 6.07) is 26.7. The Morgan fingerprint density at radius 2 is 1.00 bits per heavy atom. The molecule has 3 fully saturated rings. The van der Waals surface area contributed by atoms with Crippen molar-refractivity contribution in [3.05, 3.63) is 83.9 Å². The SMILES string of the molecule is [Cl][Zr]([Cl])=[C]1CCCC1.c1ccc2c(C3CCCC3)c[cH-]c2c1.c1ccc2c(C3CCCC3)c[cH-]c2c1. The fourth-order valence-electron chi connectivity index (χ4n) is 6.53. The van der Waals surface area contributed by atoms with E-state index in [0.717, 1.165) is 11.8 Å². The van der Waals surface area contributed by atoms with E-state index in [4.69, 9.17) is 17.0 Å². The average molecular weight is 597 g/mol. The fourth-order valence-corrected chi connectivity index (χ4v) is 10.6. The number of fused-ring (bicyclic) bond motifs is 2. The van der Waals surface area contributed by atoms with E-state index in [1.165, 1.54) is 102 Å². The van der Waals surface area contributed by atoms with Gasteiger partial charge in [-0.15, -0.1) is 82.2 Å². The van der Waals surface area contributed by atoms with E-state index in [9.17, 15) is 0 Å². The van der Waals surface area contributed by atoms with Crippen LogP contribution >= 0.6 is 17.0 Å². The Kier molecular flexibility index (Phi) is 9.73. The molecule has 0 N–H and O–H groups in total. The third-order valence-corrected chi connectivity index (χ3v) is 14.2. The van der Waals surface area contributed by atoms with Gasteiger partial charge in [-0.25, -0.2) is 0 Å².